The number of oxazole rings is 1. The van der Waals surface area contributed by atoms with Gasteiger partial charge in [0.25, 0.3) is 0 Å². The lowest BCUT2D eigenvalue weighted by Gasteiger charge is -2.28. The predicted octanol–water partition coefficient (Wildman–Crippen LogP) is 3.20. The van der Waals surface area contributed by atoms with Crippen molar-refractivity contribution in [2.24, 2.45) is 5.92 Å². The molecule has 150 valence electrons. The number of benzene rings is 2. The van der Waals surface area contributed by atoms with Gasteiger partial charge in [-0.2, -0.15) is 0 Å². The van der Waals surface area contributed by atoms with Crippen LogP contribution in [-0.4, -0.2) is 45.6 Å². The standard InChI is InChI=1S/C22H23N3O4/c26-15-24(28)14-17(13-16-7-2-1-3-8-16)22(27)25-12-6-10-19(25)21-23-18-9-4-5-11-20(18)29-21/h1-5,7-9,11,15,17,19,28H,6,10,12-14H2. The van der Waals surface area contributed by atoms with Gasteiger partial charge in [-0.1, -0.05) is 42.5 Å². The van der Waals surface area contributed by atoms with Gasteiger partial charge in [-0.05, 0) is 37.0 Å². The zero-order valence-electron chi connectivity index (χ0n) is 16.0. The van der Waals surface area contributed by atoms with E-state index in [0.717, 1.165) is 23.9 Å². The molecule has 1 aliphatic heterocycles. The lowest BCUT2D eigenvalue weighted by Crippen LogP contribution is -2.41. The second-order valence-electron chi connectivity index (χ2n) is 7.32. The third kappa shape index (κ3) is 4.14. The first-order valence-electron chi connectivity index (χ1n) is 9.76. The summed E-state index contributed by atoms with van der Waals surface area (Å²) in [5.74, 6) is -0.135. The molecular formula is C22H23N3O4. The number of para-hydroxylation sites is 2. The molecule has 0 spiro atoms. The summed E-state index contributed by atoms with van der Waals surface area (Å²) in [4.78, 5) is 30.7. The lowest BCUT2D eigenvalue weighted by atomic mass is 9.97. The van der Waals surface area contributed by atoms with Gasteiger partial charge >= 0.3 is 0 Å². The molecule has 2 amide bonds. The first kappa shape index (κ1) is 19.1. The van der Waals surface area contributed by atoms with Gasteiger partial charge < -0.3 is 9.32 Å². The predicted molar refractivity (Wildman–Crippen MR) is 106 cm³/mol. The molecule has 2 unspecified atom stereocenters. The monoisotopic (exact) mass is 393 g/mol. The molecule has 1 aliphatic rings. The Kier molecular flexibility index (Phi) is 5.57. The van der Waals surface area contributed by atoms with E-state index in [-0.39, 0.29) is 18.5 Å². The number of carbonyl (C=O) groups excluding carboxylic acids is 2. The van der Waals surface area contributed by atoms with Crippen molar-refractivity contribution in [3.05, 3.63) is 66.1 Å². The van der Waals surface area contributed by atoms with Gasteiger partial charge in [-0.25, -0.2) is 10.0 Å². The Labute approximate surface area is 168 Å². The van der Waals surface area contributed by atoms with Gasteiger partial charge in [-0.15, -0.1) is 0 Å². The van der Waals surface area contributed by atoms with Crippen molar-refractivity contribution >= 4 is 23.4 Å². The summed E-state index contributed by atoms with van der Waals surface area (Å²) in [6.45, 7) is 0.536. The van der Waals surface area contributed by atoms with Crippen molar-refractivity contribution in [2.75, 3.05) is 13.1 Å². The molecule has 1 fully saturated rings. The van der Waals surface area contributed by atoms with Gasteiger partial charge in [0.15, 0.2) is 5.58 Å². The topological polar surface area (TPSA) is 86.9 Å². The highest BCUT2D eigenvalue weighted by atomic mass is 16.5. The molecular weight excluding hydrogens is 370 g/mol. The smallest absolute Gasteiger partial charge is 0.233 e. The van der Waals surface area contributed by atoms with Crippen LogP contribution in [0.25, 0.3) is 11.1 Å². The number of hydroxylamine groups is 2. The SMILES string of the molecule is O=CN(O)CC(Cc1ccccc1)C(=O)N1CCCC1c1nc2ccccc2o1. The van der Waals surface area contributed by atoms with Crippen molar-refractivity contribution in [1.82, 2.24) is 14.9 Å². The summed E-state index contributed by atoms with van der Waals surface area (Å²) in [7, 11) is 0. The fourth-order valence-electron chi connectivity index (χ4n) is 3.95. The van der Waals surface area contributed by atoms with E-state index in [9.17, 15) is 14.8 Å². The minimum Gasteiger partial charge on any atom is -0.438 e. The number of amides is 2. The zero-order valence-corrected chi connectivity index (χ0v) is 16.0. The van der Waals surface area contributed by atoms with Crippen molar-refractivity contribution in [1.29, 1.82) is 0 Å². The third-order valence-corrected chi connectivity index (χ3v) is 5.33. The van der Waals surface area contributed by atoms with E-state index in [4.69, 9.17) is 4.42 Å². The summed E-state index contributed by atoms with van der Waals surface area (Å²) in [6.07, 6.45) is 2.38. The molecule has 2 aromatic carbocycles. The van der Waals surface area contributed by atoms with Crippen LogP contribution in [0.2, 0.25) is 0 Å². The molecule has 4 rings (SSSR count). The van der Waals surface area contributed by atoms with Crippen molar-refractivity contribution in [3.8, 4) is 0 Å². The summed E-state index contributed by atoms with van der Waals surface area (Å²) >= 11 is 0. The lowest BCUT2D eigenvalue weighted by molar-refractivity contribution is -0.157. The quantitative estimate of drug-likeness (QED) is 0.378. The number of rotatable bonds is 7. The maximum Gasteiger partial charge on any atom is 0.233 e. The van der Waals surface area contributed by atoms with Crippen LogP contribution in [0.4, 0.5) is 0 Å². The number of carbonyl (C=O) groups is 2. The molecule has 1 N–H and O–H groups in total. The summed E-state index contributed by atoms with van der Waals surface area (Å²) in [5.41, 5.74) is 2.44. The fourth-order valence-corrected chi connectivity index (χ4v) is 3.95. The van der Waals surface area contributed by atoms with E-state index < -0.39 is 5.92 Å². The summed E-state index contributed by atoms with van der Waals surface area (Å²) in [5, 5.41) is 10.3. The Balaban J connectivity index is 1.58. The van der Waals surface area contributed by atoms with E-state index >= 15 is 0 Å². The summed E-state index contributed by atoms with van der Waals surface area (Å²) < 4.78 is 5.91. The Bertz CT molecular complexity index is 955. The molecule has 2 heterocycles. The third-order valence-electron chi connectivity index (χ3n) is 5.33. The Morgan fingerprint density at radius 1 is 1.24 bits per heavy atom. The molecule has 7 nitrogen and oxygen atoms in total. The highest BCUT2D eigenvalue weighted by Crippen LogP contribution is 2.34. The minimum absolute atomic E-state index is 0.0615. The van der Waals surface area contributed by atoms with Crippen LogP contribution in [0.15, 0.2) is 59.0 Å². The number of nitrogens with zero attached hydrogens (tertiary/aromatic N) is 3. The molecule has 0 aliphatic carbocycles. The van der Waals surface area contributed by atoms with Crippen LogP contribution < -0.4 is 0 Å². The average Bonchev–Trinajstić information content (AvgIpc) is 3.40. The van der Waals surface area contributed by atoms with E-state index in [1.165, 1.54) is 0 Å². The molecule has 29 heavy (non-hydrogen) atoms. The van der Waals surface area contributed by atoms with E-state index in [2.05, 4.69) is 4.98 Å². The maximum absolute atomic E-state index is 13.4. The van der Waals surface area contributed by atoms with Gasteiger partial charge in [0.2, 0.25) is 18.2 Å². The van der Waals surface area contributed by atoms with E-state index in [1.54, 1.807) is 4.90 Å². The van der Waals surface area contributed by atoms with E-state index in [0.29, 0.717) is 35.9 Å². The van der Waals surface area contributed by atoms with Crippen molar-refractivity contribution in [3.63, 3.8) is 0 Å². The first-order valence-corrected chi connectivity index (χ1v) is 9.76. The number of likely N-dealkylation sites (tertiary alicyclic amines) is 1. The van der Waals surface area contributed by atoms with Gasteiger partial charge in [0.05, 0.1) is 12.5 Å². The zero-order chi connectivity index (χ0) is 20.2. The highest BCUT2D eigenvalue weighted by Gasteiger charge is 2.37. The molecule has 0 radical (unpaired) electrons. The normalized spacial score (nSPS) is 17.4. The van der Waals surface area contributed by atoms with Crippen LogP contribution >= 0.6 is 0 Å². The van der Waals surface area contributed by atoms with E-state index in [1.807, 2.05) is 54.6 Å². The first-order chi connectivity index (χ1) is 14.2. The highest BCUT2D eigenvalue weighted by molar-refractivity contribution is 5.80. The van der Waals surface area contributed by atoms with Crippen LogP contribution in [-0.2, 0) is 16.0 Å². The average molecular weight is 393 g/mol. The van der Waals surface area contributed by atoms with Gasteiger partial charge in [-0.3, -0.25) is 14.8 Å². The number of hydrogen-bond acceptors (Lipinski definition) is 5. The Hall–Kier alpha value is -3.19. The molecule has 2 atom stereocenters. The molecule has 7 heteroatoms. The molecule has 3 aromatic rings. The second-order valence-corrected chi connectivity index (χ2v) is 7.32. The fraction of sp³-hybridized carbons (Fsp3) is 0.318. The van der Waals surface area contributed by atoms with Gasteiger partial charge in [0, 0.05) is 6.54 Å². The van der Waals surface area contributed by atoms with Crippen molar-refractivity contribution < 1.29 is 19.2 Å². The molecule has 0 saturated carbocycles. The second kappa shape index (κ2) is 8.45. The number of fused-ring (bicyclic) bond motifs is 1. The van der Waals surface area contributed by atoms with Crippen LogP contribution in [0, 0.1) is 5.92 Å². The Morgan fingerprint density at radius 2 is 2.00 bits per heavy atom. The largest absolute Gasteiger partial charge is 0.438 e. The summed E-state index contributed by atoms with van der Waals surface area (Å²) in [6, 6.07) is 16.9. The number of aromatic nitrogens is 1. The maximum atomic E-state index is 13.4. The van der Waals surface area contributed by atoms with Crippen molar-refractivity contribution in [2.45, 2.75) is 25.3 Å². The molecule has 1 saturated heterocycles. The van der Waals surface area contributed by atoms with Crippen LogP contribution in [0.3, 0.4) is 0 Å². The van der Waals surface area contributed by atoms with Crippen LogP contribution in [0.1, 0.15) is 30.3 Å². The minimum atomic E-state index is -0.558. The van der Waals surface area contributed by atoms with Crippen LogP contribution in [0.5, 0.6) is 0 Å². The van der Waals surface area contributed by atoms with Gasteiger partial charge in [0.1, 0.15) is 11.6 Å². The Morgan fingerprint density at radius 3 is 2.76 bits per heavy atom. The molecule has 0 bridgehead atoms. The molecule has 1 aromatic heterocycles. The number of hydrogen-bond donors (Lipinski definition) is 1.